The zero-order chi connectivity index (χ0) is 13.3. The summed E-state index contributed by atoms with van der Waals surface area (Å²) in [5.74, 6) is -0.715. The molecule has 4 nitrogen and oxygen atoms in total. The van der Waals surface area contributed by atoms with E-state index in [9.17, 15) is 4.79 Å². The molecule has 0 aromatic heterocycles. The molecule has 1 aliphatic carbocycles. The molecule has 0 aromatic carbocycles. The smallest absolute Gasteiger partial charge is 0.303 e. The molecule has 0 bridgehead atoms. The Balaban J connectivity index is 2.45. The number of ether oxygens (including phenoxy) is 1. The van der Waals surface area contributed by atoms with Crippen LogP contribution in [0.5, 0.6) is 0 Å². The minimum absolute atomic E-state index is 0.0568. The van der Waals surface area contributed by atoms with E-state index < -0.39 is 5.97 Å². The highest BCUT2D eigenvalue weighted by Gasteiger charge is 2.58. The van der Waals surface area contributed by atoms with Crippen molar-refractivity contribution in [1.29, 1.82) is 0 Å². The lowest BCUT2D eigenvalue weighted by atomic mass is 9.55. The standard InChI is InChI=1S/C13H25NO3/c1-12(2)10(9-13(12,3)17-5)14(4)8-6-7-11(15)16/h10H,6-9H2,1-5H3,(H,15,16). The summed E-state index contributed by atoms with van der Waals surface area (Å²) in [5, 5.41) is 8.62. The van der Waals surface area contributed by atoms with Gasteiger partial charge >= 0.3 is 5.97 Å². The van der Waals surface area contributed by atoms with E-state index in [0.717, 1.165) is 13.0 Å². The fraction of sp³-hybridized carbons (Fsp3) is 0.923. The van der Waals surface area contributed by atoms with Crippen LogP contribution in [0, 0.1) is 5.41 Å². The average molecular weight is 243 g/mol. The van der Waals surface area contributed by atoms with Gasteiger partial charge in [-0.25, -0.2) is 0 Å². The minimum Gasteiger partial charge on any atom is -0.481 e. The van der Waals surface area contributed by atoms with Crippen molar-refractivity contribution >= 4 is 5.97 Å². The number of hydrogen-bond acceptors (Lipinski definition) is 3. The minimum atomic E-state index is -0.715. The first-order valence-electron chi connectivity index (χ1n) is 6.22. The largest absolute Gasteiger partial charge is 0.481 e. The van der Waals surface area contributed by atoms with E-state index in [4.69, 9.17) is 9.84 Å². The van der Waals surface area contributed by atoms with Crippen LogP contribution in [-0.2, 0) is 9.53 Å². The Labute approximate surface area is 104 Å². The second kappa shape index (κ2) is 4.94. The maximum absolute atomic E-state index is 10.5. The van der Waals surface area contributed by atoms with Crippen LogP contribution in [0.4, 0.5) is 0 Å². The maximum Gasteiger partial charge on any atom is 0.303 e. The molecule has 4 heteroatoms. The summed E-state index contributed by atoms with van der Waals surface area (Å²) < 4.78 is 5.59. The molecule has 1 fully saturated rings. The summed E-state index contributed by atoms with van der Waals surface area (Å²) >= 11 is 0. The zero-order valence-electron chi connectivity index (χ0n) is 11.6. The third-order valence-electron chi connectivity index (χ3n) is 4.66. The van der Waals surface area contributed by atoms with Crippen molar-refractivity contribution in [2.75, 3.05) is 20.7 Å². The van der Waals surface area contributed by atoms with E-state index in [2.05, 4.69) is 32.7 Å². The normalized spacial score (nSPS) is 31.3. The molecule has 17 heavy (non-hydrogen) atoms. The molecule has 0 spiro atoms. The van der Waals surface area contributed by atoms with Crippen molar-refractivity contribution in [3.63, 3.8) is 0 Å². The third kappa shape index (κ3) is 2.63. The van der Waals surface area contributed by atoms with E-state index in [1.54, 1.807) is 7.11 Å². The maximum atomic E-state index is 10.5. The van der Waals surface area contributed by atoms with Gasteiger partial charge in [0.2, 0.25) is 0 Å². The van der Waals surface area contributed by atoms with E-state index in [1.807, 2.05) is 0 Å². The number of carboxylic acid groups (broad SMARTS) is 1. The Morgan fingerprint density at radius 1 is 1.47 bits per heavy atom. The summed E-state index contributed by atoms with van der Waals surface area (Å²) in [6.07, 6.45) is 1.97. The lowest BCUT2D eigenvalue weighted by Crippen LogP contribution is -2.68. The Kier molecular flexibility index (Phi) is 4.20. The van der Waals surface area contributed by atoms with E-state index >= 15 is 0 Å². The number of rotatable bonds is 6. The average Bonchev–Trinajstić information content (AvgIpc) is 2.24. The third-order valence-corrected chi connectivity index (χ3v) is 4.66. The van der Waals surface area contributed by atoms with Crippen LogP contribution in [0.1, 0.15) is 40.0 Å². The van der Waals surface area contributed by atoms with Gasteiger partial charge in [0.25, 0.3) is 0 Å². The van der Waals surface area contributed by atoms with Crippen LogP contribution in [-0.4, -0.2) is 48.3 Å². The van der Waals surface area contributed by atoms with Crippen molar-refractivity contribution in [3.8, 4) is 0 Å². The molecule has 1 rings (SSSR count). The van der Waals surface area contributed by atoms with Crippen molar-refractivity contribution < 1.29 is 14.6 Å². The highest BCUT2D eigenvalue weighted by Crippen LogP contribution is 2.53. The molecule has 0 saturated heterocycles. The van der Waals surface area contributed by atoms with Crippen molar-refractivity contribution in [2.24, 2.45) is 5.41 Å². The predicted molar refractivity (Wildman–Crippen MR) is 67.1 cm³/mol. The first-order valence-corrected chi connectivity index (χ1v) is 6.22. The molecule has 0 heterocycles. The summed E-state index contributed by atoms with van der Waals surface area (Å²) in [6.45, 7) is 7.42. The Bertz CT molecular complexity index is 290. The molecule has 1 N–H and O–H groups in total. The first-order chi connectivity index (χ1) is 7.74. The first kappa shape index (κ1) is 14.5. The molecule has 1 aliphatic rings. The molecule has 0 aromatic rings. The fourth-order valence-corrected chi connectivity index (χ4v) is 2.80. The summed E-state index contributed by atoms with van der Waals surface area (Å²) in [5.41, 5.74) is 0.0540. The van der Waals surface area contributed by atoms with Gasteiger partial charge in [-0.3, -0.25) is 4.79 Å². The van der Waals surface area contributed by atoms with Crippen molar-refractivity contribution in [1.82, 2.24) is 4.90 Å². The number of carbonyl (C=O) groups is 1. The van der Waals surface area contributed by atoms with Crippen LogP contribution in [0.3, 0.4) is 0 Å². The lowest BCUT2D eigenvalue weighted by Gasteiger charge is -2.61. The molecular formula is C13H25NO3. The number of nitrogens with zero attached hydrogens (tertiary/aromatic N) is 1. The lowest BCUT2D eigenvalue weighted by molar-refractivity contribution is -0.205. The van der Waals surface area contributed by atoms with Crippen LogP contribution in [0.25, 0.3) is 0 Å². The van der Waals surface area contributed by atoms with Gasteiger partial charge in [-0.2, -0.15) is 0 Å². The van der Waals surface area contributed by atoms with Gasteiger partial charge in [0.15, 0.2) is 0 Å². The Hall–Kier alpha value is -0.610. The van der Waals surface area contributed by atoms with Crippen LogP contribution < -0.4 is 0 Å². The Morgan fingerprint density at radius 3 is 2.47 bits per heavy atom. The SMILES string of the molecule is COC1(C)CC(N(C)CCCC(=O)O)C1(C)C. The van der Waals surface area contributed by atoms with Crippen LogP contribution >= 0.6 is 0 Å². The van der Waals surface area contributed by atoms with Crippen molar-refractivity contribution in [2.45, 2.75) is 51.7 Å². The molecule has 2 unspecified atom stereocenters. The van der Waals surface area contributed by atoms with Crippen LogP contribution in [0.2, 0.25) is 0 Å². The van der Waals surface area contributed by atoms with Gasteiger partial charge in [-0.15, -0.1) is 0 Å². The summed E-state index contributed by atoms with van der Waals surface area (Å²) in [7, 11) is 3.84. The molecule has 100 valence electrons. The summed E-state index contributed by atoms with van der Waals surface area (Å²) in [6, 6.07) is 0.473. The van der Waals surface area contributed by atoms with Crippen LogP contribution in [0.15, 0.2) is 0 Å². The molecule has 1 saturated carbocycles. The van der Waals surface area contributed by atoms with Gasteiger partial charge < -0.3 is 14.7 Å². The second-order valence-electron chi connectivity index (χ2n) is 5.85. The molecule has 2 atom stereocenters. The van der Waals surface area contributed by atoms with Gasteiger partial charge in [-0.1, -0.05) is 13.8 Å². The van der Waals surface area contributed by atoms with Crippen molar-refractivity contribution in [3.05, 3.63) is 0 Å². The number of aliphatic carboxylic acids is 1. The second-order valence-corrected chi connectivity index (χ2v) is 5.85. The van der Waals surface area contributed by atoms with E-state index in [0.29, 0.717) is 12.5 Å². The van der Waals surface area contributed by atoms with Gasteiger partial charge in [0, 0.05) is 25.0 Å². The Morgan fingerprint density at radius 2 is 2.06 bits per heavy atom. The highest BCUT2D eigenvalue weighted by atomic mass is 16.5. The zero-order valence-corrected chi connectivity index (χ0v) is 11.6. The molecular weight excluding hydrogens is 218 g/mol. The fourth-order valence-electron chi connectivity index (χ4n) is 2.80. The number of methoxy groups -OCH3 is 1. The number of hydrogen-bond donors (Lipinski definition) is 1. The van der Waals surface area contributed by atoms with Gasteiger partial charge in [0.1, 0.15) is 0 Å². The monoisotopic (exact) mass is 243 g/mol. The van der Waals surface area contributed by atoms with Gasteiger partial charge in [0.05, 0.1) is 5.60 Å². The summed E-state index contributed by atoms with van der Waals surface area (Å²) in [4.78, 5) is 12.7. The predicted octanol–water partition coefficient (Wildman–Crippen LogP) is 1.99. The number of carboxylic acids is 1. The topological polar surface area (TPSA) is 49.8 Å². The van der Waals surface area contributed by atoms with Gasteiger partial charge in [-0.05, 0) is 33.4 Å². The molecule has 0 aliphatic heterocycles. The highest BCUT2D eigenvalue weighted by molar-refractivity contribution is 5.66. The van der Waals surface area contributed by atoms with E-state index in [1.165, 1.54) is 0 Å². The molecule has 0 amide bonds. The molecule has 0 radical (unpaired) electrons. The van der Waals surface area contributed by atoms with E-state index in [-0.39, 0.29) is 17.4 Å². The quantitative estimate of drug-likeness (QED) is 0.775.